The number of halogens is 5. The van der Waals surface area contributed by atoms with Crippen LogP contribution in [-0.4, -0.2) is 28.8 Å². The first-order valence-corrected chi connectivity index (χ1v) is 4.86. The average molecular weight is 272 g/mol. The third-order valence-electron chi connectivity index (χ3n) is 1.87. The molecule has 0 saturated heterocycles. The fourth-order valence-corrected chi connectivity index (χ4v) is 1.19. The number of rotatable bonds is 4. The number of carbonyl (C=O) groups excluding carboxylic acids is 1. The van der Waals surface area contributed by atoms with Crippen LogP contribution in [0, 0.1) is 0 Å². The Morgan fingerprint density at radius 1 is 1.50 bits per heavy atom. The predicted molar refractivity (Wildman–Crippen MR) is 49.2 cm³/mol. The lowest BCUT2D eigenvalue weighted by Crippen LogP contribution is -2.17. The molecule has 4 nitrogen and oxygen atoms in total. The lowest BCUT2D eigenvalue weighted by molar-refractivity contribution is -0.141. The van der Waals surface area contributed by atoms with Gasteiger partial charge in [0, 0.05) is 6.07 Å². The maximum absolute atomic E-state index is 12.4. The second kappa shape index (κ2) is 5.32. The van der Waals surface area contributed by atoms with Crippen LogP contribution in [0.25, 0.3) is 0 Å². The molecule has 1 aromatic heterocycles. The van der Waals surface area contributed by atoms with Gasteiger partial charge in [-0.15, -0.1) is 0 Å². The van der Waals surface area contributed by atoms with E-state index in [-0.39, 0.29) is 6.61 Å². The van der Waals surface area contributed by atoms with Crippen molar-refractivity contribution in [1.29, 1.82) is 0 Å². The summed E-state index contributed by atoms with van der Waals surface area (Å²) in [5.74, 6) is -1.12. The Hall–Kier alpha value is -1.67. The molecule has 1 rings (SSSR count). The van der Waals surface area contributed by atoms with Crippen molar-refractivity contribution >= 4 is 5.97 Å². The van der Waals surface area contributed by atoms with E-state index in [0.29, 0.717) is 10.7 Å². The Morgan fingerprint density at radius 2 is 2.11 bits per heavy atom. The topological polar surface area (TPSA) is 44.1 Å². The van der Waals surface area contributed by atoms with Gasteiger partial charge in [-0.3, -0.25) is 4.68 Å². The summed E-state index contributed by atoms with van der Waals surface area (Å²) in [6.07, 6.45) is -7.74. The van der Waals surface area contributed by atoms with Crippen LogP contribution < -0.4 is 0 Å². The van der Waals surface area contributed by atoms with E-state index >= 15 is 0 Å². The zero-order chi connectivity index (χ0) is 13.9. The van der Waals surface area contributed by atoms with E-state index in [1.54, 1.807) is 0 Å². The SMILES string of the molecule is CCOC(=O)c1cc(C(F)(F)F)nn1CC(F)F. The van der Waals surface area contributed by atoms with Gasteiger partial charge >= 0.3 is 12.1 Å². The average Bonchev–Trinajstić information content (AvgIpc) is 2.60. The largest absolute Gasteiger partial charge is 0.461 e. The van der Waals surface area contributed by atoms with Gasteiger partial charge in [-0.1, -0.05) is 0 Å². The fourth-order valence-electron chi connectivity index (χ4n) is 1.19. The van der Waals surface area contributed by atoms with Crippen molar-refractivity contribution in [2.45, 2.75) is 26.1 Å². The molecule has 102 valence electrons. The van der Waals surface area contributed by atoms with Crippen molar-refractivity contribution < 1.29 is 31.5 Å². The summed E-state index contributed by atoms with van der Waals surface area (Å²) < 4.78 is 66.1. The number of alkyl halides is 5. The van der Waals surface area contributed by atoms with E-state index in [9.17, 15) is 26.7 Å². The number of esters is 1. The van der Waals surface area contributed by atoms with E-state index in [1.165, 1.54) is 6.92 Å². The van der Waals surface area contributed by atoms with Gasteiger partial charge in [0.05, 0.1) is 6.61 Å². The number of ether oxygens (including phenoxy) is 1. The van der Waals surface area contributed by atoms with E-state index in [2.05, 4.69) is 9.84 Å². The minimum atomic E-state index is -4.81. The third-order valence-corrected chi connectivity index (χ3v) is 1.87. The molecule has 0 N–H and O–H groups in total. The molecule has 0 aliphatic rings. The van der Waals surface area contributed by atoms with Crippen LogP contribution in [0.3, 0.4) is 0 Å². The highest BCUT2D eigenvalue weighted by molar-refractivity contribution is 5.87. The molecule has 0 radical (unpaired) electrons. The Balaban J connectivity index is 3.12. The van der Waals surface area contributed by atoms with Gasteiger partial charge in [-0.25, -0.2) is 13.6 Å². The van der Waals surface area contributed by atoms with E-state index < -0.39 is 36.5 Å². The number of nitrogens with zero attached hydrogens (tertiary/aromatic N) is 2. The zero-order valence-corrected chi connectivity index (χ0v) is 9.17. The molecule has 0 bridgehead atoms. The van der Waals surface area contributed by atoms with Crippen LogP contribution in [0.1, 0.15) is 23.1 Å². The van der Waals surface area contributed by atoms with Gasteiger partial charge in [0.2, 0.25) is 0 Å². The lowest BCUT2D eigenvalue weighted by Gasteiger charge is -2.05. The Labute approximate surface area is 98.3 Å². The molecule has 0 aliphatic carbocycles. The molecular formula is C9H9F5N2O2. The summed E-state index contributed by atoms with van der Waals surface area (Å²) in [7, 11) is 0. The van der Waals surface area contributed by atoms with Gasteiger partial charge in [0.25, 0.3) is 6.43 Å². The van der Waals surface area contributed by atoms with E-state index in [4.69, 9.17) is 0 Å². The van der Waals surface area contributed by atoms with Gasteiger partial charge in [0.1, 0.15) is 12.2 Å². The number of hydrogen-bond acceptors (Lipinski definition) is 3. The highest BCUT2D eigenvalue weighted by Gasteiger charge is 2.36. The number of hydrogen-bond donors (Lipinski definition) is 0. The molecule has 0 saturated carbocycles. The molecule has 0 amide bonds. The molecule has 0 aromatic carbocycles. The highest BCUT2D eigenvalue weighted by atomic mass is 19.4. The first kappa shape index (κ1) is 14.4. The monoisotopic (exact) mass is 272 g/mol. The number of aromatic nitrogens is 2. The van der Waals surface area contributed by atoms with Gasteiger partial charge < -0.3 is 4.74 Å². The van der Waals surface area contributed by atoms with E-state index in [1.807, 2.05) is 0 Å². The first-order chi connectivity index (χ1) is 8.25. The van der Waals surface area contributed by atoms with Gasteiger partial charge in [0.15, 0.2) is 5.69 Å². The second-order valence-corrected chi connectivity index (χ2v) is 3.21. The van der Waals surface area contributed by atoms with Crippen molar-refractivity contribution in [2.24, 2.45) is 0 Å². The molecule has 1 heterocycles. The van der Waals surface area contributed by atoms with Crippen LogP contribution >= 0.6 is 0 Å². The van der Waals surface area contributed by atoms with Crippen molar-refractivity contribution in [2.75, 3.05) is 6.61 Å². The predicted octanol–water partition coefficient (Wildman–Crippen LogP) is 2.34. The van der Waals surface area contributed by atoms with Crippen LogP contribution in [0.4, 0.5) is 22.0 Å². The Morgan fingerprint density at radius 3 is 2.56 bits per heavy atom. The standard InChI is InChI=1S/C9H9F5N2O2/c1-2-18-8(17)5-3-6(9(12,13)14)15-16(5)4-7(10)11/h3,7H,2,4H2,1H3. The lowest BCUT2D eigenvalue weighted by atomic mass is 10.3. The first-order valence-electron chi connectivity index (χ1n) is 4.86. The normalized spacial score (nSPS) is 11.9. The van der Waals surface area contributed by atoms with Crippen molar-refractivity contribution in [3.05, 3.63) is 17.5 Å². The van der Waals surface area contributed by atoms with Crippen molar-refractivity contribution in [3.63, 3.8) is 0 Å². The summed E-state index contributed by atoms with van der Waals surface area (Å²) in [5.41, 5.74) is -2.06. The summed E-state index contributed by atoms with van der Waals surface area (Å²) >= 11 is 0. The molecule has 0 spiro atoms. The zero-order valence-electron chi connectivity index (χ0n) is 9.17. The summed E-state index contributed by atoms with van der Waals surface area (Å²) in [6.45, 7) is 0.251. The summed E-state index contributed by atoms with van der Waals surface area (Å²) in [5, 5.41) is 2.94. The molecule has 0 fully saturated rings. The van der Waals surface area contributed by atoms with Crippen molar-refractivity contribution in [1.82, 2.24) is 9.78 Å². The quantitative estimate of drug-likeness (QED) is 0.624. The van der Waals surface area contributed by atoms with Crippen LogP contribution in [0.2, 0.25) is 0 Å². The third kappa shape index (κ3) is 3.41. The van der Waals surface area contributed by atoms with Crippen LogP contribution in [-0.2, 0) is 17.5 Å². The van der Waals surface area contributed by atoms with Gasteiger partial charge in [-0.2, -0.15) is 18.3 Å². The molecular weight excluding hydrogens is 263 g/mol. The smallest absolute Gasteiger partial charge is 0.435 e. The second-order valence-electron chi connectivity index (χ2n) is 3.21. The number of carbonyl (C=O) groups is 1. The Kier molecular flexibility index (Phi) is 4.25. The van der Waals surface area contributed by atoms with Crippen molar-refractivity contribution in [3.8, 4) is 0 Å². The minimum Gasteiger partial charge on any atom is -0.461 e. The van der Waals surface area contributed by atoms with E-state index in [0.717, 1.165) is 0 Å². The minimum absolute atomic E-state index is 0.0833. The molecule has 1 aromatic rings. The molecule has 0 aliphatic heterocycles. The summed E-state index contributed by atoms with van der Waals surface area (Å²) in [4.78, 5) is 11.3. The molecule has 0 atom stereocenters. The summed E-state index contributed by atoms with van der Waals surface area (Å²) in [6, 6.07) is 0.389. The van der Waals surface area contributed by atoms with Crippen LogP contribution in [0.5, 0.6) is 0 Å². The maximum Gasteiger partial charge on any atom is 0.435 e. The highest BCUT2D eigenvalue weighted by Crippen LogP contribution is 2.29. The Bertz CT molecular complexity index is 427. The molecule has 18 heavy (non-hydrogen) atoms. The molecule has 0 unspecified atom stereocenters. The molecule has 9 heteroatoms. The fraction of sp³-hybridized carbons (Fsp3) is 0.556. The maximum atomic E-state index is 12.4. The van der Waals surface area contributed by atoms with Crippen LogP contribution in [0.15, 0.2) is 6.07 Å². The van der Waals surface area contributed by atoms with Gasteiger partial charge in [-0.05, 0) is 6.92 Å².